The van der Waals surface area contributed by atoms with E-state index in [-0.39, 0.29) is 0 Å². The fourth-order valence-corrected chi connectivity index (χ4v) is 1.73. The first-order valence-electron chi connectivity index (χ1n) is 4.53. The zero-order valence-electron chi connectivity index (χ0n) is 8.28. The van der Waals surface area contributed by atoms with Crippen molar-refractivity contribution in [3.8, 4) is 0 Å². The number of carboxylic acid groups (broad SMARTS) is 1. The van der Waals surface area contributed by atoms with Gasteiger partial charge in [-0.1, -0.05) is 6.92 Å². The predicted octanol–water partition coefficient (Wildman–Crippen LogP) is 1.27. The van der Waals surface area contributed by atoms with Crippen molar-refractivity contribution in [2.75, 3.05) is 0 Å². The Bertz CT molecular complexity index is 312. The normalized spacial score (nSPS) is 12.7. The maximum Gasteiger partial charge on any atom is 0.320 e. The molecule has 0 saturated heterocycles. The van der Waals surface area contributed by atoms with Crippen LogP contribution in [0.5, 0.6) is 0 Å². The maximum absolute atomic E-state index is 10.5. The van der Waals surface area contributed by atoms with E-state index in [4.69, 9.17) is 5.11 Å². The van der Waals surface area contributed by atoms with E-state index < -0.39 is 12.0 Å². The summed E-state index contributed by atoms with van der Waals surface area (Å²) in [6, 6.07) is -0.524. The Morgan fingerprint density at radius 3 is 3.00 bits per heavy atom. The number of rotatable bonds is 5. The van der Waals surface area contributed by atoms with Gasteiger partial charge in [-0.3, -0.25) is 10.1 Å². The molecule has 4 nitrogen and oxygen atoms in total. The Balaban J connectivity index is 2.41. The van der Waals surface area contributed by atoms with Crippen molar-refractivity contribution < 1.29 is 9.90 Å². The van der Waals surface area contributed by atoms with Crippen LogP contribution in [0.1, 0.15) is 23.7 Å². The third-order valence-corrected chi connectivity index (χ3v) is 3.02. The van der Waals surface area contributed by atoms with E-state index in [9.17, 15) is 4.79 Å². The molecule has 0 amide bonds. The Morgan fingerprint density at radius 1 is 1.79 bits per heavy atom. The summed E-state index contributed by atoms with van der Waals surface area (Å²) < 4.78 is 0. The number of nitrogens with zero attached hydrogens (tertiary/aromatic N) is 1. The van der Waals surface area contributed by atoms with Gasteiger partial charge < -0.3 is 5.11 Å². The zero-order valence-corrected chi connectivity index (χ0v) is 9.10. The van der Waals surface area contributed by atoms with Gasteiger partial charge in [-0.25, -0.2) is 4.98 Å². The van der Waals surface area contributed by atoms with Crippen molar-refractivity contribution >= 4 is 17.3 Å². The summed E-state index contributed by atoms with van der Waals surface area (Å²) >= 11 is 1.62. The molecule has 0 aliphatic heterocycles. The third kappa shape index (κ3) is 3.08. The molecule has 0 saturated carbocycles. The van der Waals surface area contributed by atoms with Crippen molar-refractivity contribution in [3.05, 3.63) is 16.1 Å². The van der Waals surface area contributed by atoms with Gasteiger partial charge in [0.1, 0.15) is 11.0 Å². The number of hydrogen-bond acceptors (Lipinski definition) is 4. The quantitative estimate of drug-likeness (QED) is 0.774. The molecule has 0 spiro atoms. The molecule has 1 aromatic heterocycles. The van der Waals surface area contributed by atoms with Gasteiger partial charge in [0, 0.05) is 17.6 Å². The van der Waals surface area contributed by atoms with Crippen LogP contribution in [0.2, 0.25) is 0 Å². The monoisotopic (exact) mass is 214 g/mol. The van der Waals surface area contributed by atoms with Gasteiger partial charge in [0.15, 0.2) is 0 Å². The van der Waals surface area contributed by atoms with Gasteiger partial charge in [0.25, 0.3) is 0 Å². The molecule has 1 heterocycles. The lowest BCUT2D eigenvalue weighted by Crippen LogP contribution is -2.32. The van der Waals surface area contributed by atoms with Crippen LogP contribution in [0.25, 0.3) is 0 Å². The lowest BCUT2D eigenvalue weighted by molar-refractivity contribution is -0.139. The van der Waals surface area contributed by atoms with Crippen LogP contribution >= 0.6 is 11.3 Å². The summed E-state index contributed by atoms with van der Waals surface area (Å²) in [6.07, 6.45) is 2.82. The second kappa shape index (κ2) is 5.07. The molecule has 78 valence electrons. The predicted molar refractivity (Wildman–Crippen MR) is 55.4 cm³/mol. The van der Waals surface area contributed by atoms with Crippen molar-refractivity contribution in [3.63, 3.8) is 0 Å². The van der Waals surface area contributed by atoms with E-state index in [1.54, 1.807) is 18.3 Å². The van der Waals surface area contributed by atoms with Gasteiger partial charge in [-0.15, -0.1) is 11.3 Å². The number of nitrogens with one attached hydrogen (secondary N) is 1. The lowest BCUT2D eigenvalue weighted by Gasteiger charge is -2.06. The molecule has 2 N–H and O–H groups in total. The number of aromatic nitrogens is 1. The van der Waals surface area contributed by atoms with Gasteiger partial charge in [0.05, 0.1) is 0 Å². The van der Waals surface area contributed by atoms with Crippen LogP contribution in [0.4, 0.5) is 0 Å². The smallest absolute Gasteiger partial charge is 0.320 e. The van der Waals surface area contributed by atoms with Crippen LogP contribution in [-0.2, 0) is 17.8 Å². The Morgan fingerprint density at radius 2 is 2.50 bits per heavy atom. The average Bonchev–Trinajstić information content (AvgIpc) is 2.61. The first-order chi connectivity index (χ1) is 6.63. The van der Waals surface area contributed by atoms with Crippen molar-refractivity contribution in [2.24, 2.45) is 0 Å². The first-order valence-corrected chi connectivity index (χ1v) is 5.35. The molecule has 1 rings (SSSR count). The van der Waals surface area contributed by atoms with Gasteiger partial charge in [0.2, 0.25) is 0 Å². The highest BCUT2D eigenvalue weighted by atomic mass is 32.1. The molecule has 14 heavy (non-hydrogen) atoms. The summed E-state index contributed by atoms with van der Waals surface area (Å²) in [5.41, 5.74) is 0. The second-order valence-electron chi connectivity index (χ2n) is 3.01. The van der Waals surface area contributed by atoms with Crippen molar-refractivity contribution in [2.45, 2.75) is 32.9 Å². The number of thiazole rings is 1. The van der Waals surface area contributed by atoms with E-state index in [1.807, 2.05) is 6.20 Å². The van der Waals surface area contributed by atoms with Crippen molar-refractivity contribution in [1.82, 2.24) is 10.3 Å². The van der Waals surface area contributed by atoms with E-state index in [0.29, 0.717) is 6.54 Å². The molecule has 5 heteroatoms. The largest absolute Gasteiger partial charge is 0.480 e. The van der Waals surface area contributed by atoms with E-state index in [1.165, 1.54) is 4.88 Å². The summed E-state index contributed by atoms with van der Waals surface area (Å²) in [5, 5.41) is 12.5. The fraction of sp³-hybridized carbons (Fsp3) is 0.556. The minimum absolute atomic E-state index is 0.524. The summed E-state index contributed by atoms with van der Waals surface area (Å²) in [7, 11) is 0. The van der Waals surface area contributed by atoms with E-state index >= 15 is 0 Å². The standard InChI is InChI=1S/C9H14N2O2S/c1-3-7-4-11-8(14-7)5-10-6(2)9(12)13/h4,6,10H,3,5H2,1-2H3,(H,12,13). The van der Waals surface area contributed by atoms with E-state index in [2.05, 4.69) is 17.2 Å². The Kier molecular flexibility index (Phi) is 4.03. The highest BCUT2D eigenvalue weighted by Gasteiger charge is 2.10. The number of carboxylic acids is 1. The van der Waals surface area contributed by atoms with Gasteiger partial charge in [-0.2, -0.15) is 0 Å². The minimum atomic E-state index is -0.836. The molecule has 0 aliphatic carbocycles. The molecule has 0 fully saturated rings. The molecular weight excluding hydrogens is 200 g/mol. The molecule has 1 aromatic rings. The first kappa shape index (κ1) is 11.1. The number of hydrogen-bond donors (Lipinski definition) is 2. The number of aryl methyl sites for hydroxylation is 1. The van der Waals surface area contributed by atoms with Gasteiger partial charge in [-0.05, 0) is 13.3 Å². The van der Waals surface area contributed by atoms with Crippen LogP contribution in [0.15, 0.2) is 6.20 Å². The SMILES string of the molecule is CCc1cnc(CNC(C)C(=O)O)s1. The molecule has 0 radical (unpaired) electrons. The van der Waals surface area contributed by atoms with Crippen LogP contribution in [0, 0.1) is 0 Å². The Hall–Kier alpha value is -0.940. The van der Waals surface area contributed by atoms with Crippen molar-refractivity contribution in [1.29, 1.82) is 0 Å². The molecule has 1 atom stereocenters. The lowest BCUT2D eigenvalue weighted by atomic mass is 10.3. The molecule has 0 bridgehead atoms. The highest BCUT2D eigenvalue weighted by molar-refractivity contribution is 7.11. The topological polar surface area (TPSA) is 62.2 Å². The summed E-state index contributed by atoms with van der Waals surface area (Å²) in [6.45, 7) is 4.22. The molecule has 1 unspecified atom stereocenters. The second-order valence-corrected chi connectivity index (χ2v) is 4.21. The van der Waals surface area contributed by atoms with E-state index in [0.717, 1.165) is 11.4 Å². The summed E-state index contributed by atoms with van der Waals surface area (Å²) in [4.78, 5) is 15.9. The number of carbonyl (C=O) groups is 1. The number of aliphatic carboxylic acids is 1. The summed E-state index contributed by atoms with van der Waals surface area (Å²) in [5.74, 6) is -0.836. The Labute approximate surface area is 87.0 Å². The van der Waals surface area contributed by atoms with Crippen LogP contribution in [0.3, 0.4) is 0 Å². The third-order valence-electron chi connectivity index (χ3n) is 1.88. The molecule has 0 aromatic carbocycles. The maximum atomic E-state index is 10.5. The molecule has 0 aliphatic rings. The van der Waals surface area contributed by atoms with Gasteiger partial charge >= 0.3 is 5.97 Å². The van der Waals surface area contributed by atoms with Crippen LogP contribution < -0.4 is 5.32 Å². The zero-order chi connectivity index (χ0) is 10.6. The van der Waals surface area contributed by atoms with Crippen LogP contribution in [-0.4, -0.2) is 22.1 Å². The minimum Gasteiger partial charge on any atom is -0.480 e. The fourth-order valence-electron chi connectivity index (χ4n) is 0.921. The molecular formula is C9H14N2O2S. The average molecular weight is 214 g/mol. The highest BCUT2D eigenvalue weighted by Crippen LogP contribution is 2.12.